The van der Waals surface area contributed by atoms with Gasteiger partial charge in [-0.05, 0) is 24.3 Å². The zero-order valence-corrected chi connectivity index (χ0v) is 16.3. The molecule has 1 saturated heterocycles. The maximum atomic E-state index is 14.3. The Morgan fingerprint density at radius 2 is 1.86 bits per heavy atom. The monoisotopic (exact) mass is 385 g/mol. The summed E-state index contributed by atoms with van der Waals surface area (Å²) in [6.07, 6.45) is 1.13. The molecule has 0 aliphatic carbocycles. The van der Waals surface area contributed by atoms with Gasteiger partial charge in [-0.25, -0.2) is 9.18 Å². The second-order valence-electron chi connectivity index (χ2n) is 7.93. The number of hydrogen-bond donors (Lipinski definition) is 1. The van der Waals surface area contributed by atoms with E-state index in [1.807, 2.05) is 0 Å². The molecule has 3 aromatic rings. The third-order valence-corrected chi connectivity index (χ3v) is 5.42. The first-order valence-electron chi connectivity index (χ1n) is 9.53. The van der Waals surface area contributed by atoms with E-state index in [4.69, 9.17) is 0 Å². The van der Waals surface area contributed by atoms with Crippen LogP contribution in [0.2, 0.25) is 0 Å². The van der Waals surface area contributed by atoms with E-state index >= 15 is 0 Å². The maximum Gasteiger partial charge on any atom is 0.329 e. The van der Waals surface area contributed by atoms with Crippen LogP contribution in [0.3, 0.4) is 0 Å². The molecule has 0 bridgehead atoms. The van der Waals surface area contributed by atoms with Gasteiger partial charge in [0.1, 0.15) is 5.82 Å². The topological polar surface area (TPSA) is 75.9 Å². The van der Waals surface area contributed by atoms with E-state index < -0.39 is 11.2 Å². The molecule has 4 rings (SSSR count). The van der Waals surface area contributed by atoms with E-state index in [1.54, 1.807) is 29.8 Å². The number of nitrogens with one attached hydrogen (secondary N) is 1. The molecule has 28 heavy (non-hydrogen) atoms. The van der Waals surface area contributed by atoms with E-state index in [9.17, 15) is 14.0 Å². The molecule has 2 atom stereocenters. The first kappa shape index (κ1) is 18.5. The molecule has 1 aliphatic heterocycles. The van der Waals surface area contributed by atoms with Gasteiger partial charge in [-0.15, -0.1) is 0 Å². The van der Waals surface area contributed by atoms with Crippen LogP contribution in [-0.4, -0.2) is 32.2 Å². The minimum atomic E-state index is -0.514. The van der Waals surface area contributed by atoms with E-state index in [0.717, 1.165) is 19.5 Å². The van der Waals surface area contributed by atoms with Gasteiger partial charge < -0.3 is 4.90 Å². The summed E-state index contributed by atoms with van der Waals surface area (Å²) >= 11 is 0. The first-order valence-corrected chi connectivity index (χ1v) is 9.53. The Balaban J connectivity index is 1.94. The Kier molecular flexibility index (Phi) is 4.56. The predicted octanol–water partition coefficient (Wildman–Crippen LogP) is 2.09. The number of piperidine rings is 1. The molecule has 0 spiro atoms. The minimum Gasteiger partial charge on any atom is -0.342 e. The van der Waals surface area contributed by atoms with Gasteiger partial charge in [0, 0.05) is 25.7 Å². The van der Waals surface area contributed by atoms with Gasteiger partial charge in [0.25, 0.3) is 5.56 Å². The molecule has 3 heterocycles. The largest absolute Gasteiger partial charge is 0.342 e. The summed E-state index contributed by atoms with van der Waals surface area (Å²) in [5, 5.41) is 0. The highest BCUT2D eigenvalue weighted by Crippen LogP contribution is 2.28. The lowest BCUT2D eigenvalue weighted by Crippen LogP contribution is -2.40. The molecule has 1 aliphatic rings. The van der Waals surface area contributed by atoms with Crippen molar-refractivity contribution in [1.82, 2.24) is 19.1 Å². The standard InChI is InChI=1S/C20H24FN5O2/c1-12-8-13(2)10-25(9-12)19-22-17-16(18(27)23-20(28)24(17)3)26(19)11-14-6-4-5-7-15(14)21/h4-7,12-13H,8-11H2,1-3H3,(H,23,27,28)/t12-,13-/m0/s1. The van der Waals surface area contributed by atoms with E-state index in [-0.39, 0.29) is 17.9 Å². The molecule has 1 N–H and O–H groups in total. The number of benzene rings is 1. The number of rotatable bonds is 3. The highest BCUT2D eigenvalue weighted by molar-refractivity contribution is 5.74. The molecule has 0 saturated carbocycles. The summed E-state index contributed by atoms with van der Waals surface area (Å²) in [6.45, 7) is 6.15. The van der Waals surface area contributed by atoms with Crippen LogP contribution < -0.4 is 16.1 Å². The SMILES string of the molecule is C[C@H]1C[C@H](C)CN(c2nc3c(c(=O)[nH]c(=O)n3C)n2Cc2ccccc2F)C1. The van der Waals surface area contributed by atoms with Crippen molar-refractivity contribution < 1.29 is 4.39 Å². The van der Waals surface area contributed by atoms with Gasteiger partial charge >= 0.3 is 5.69 Å². The summed E-state index contributed by atoms with van der Waals surface area (Å²) in [5.74, 6) is 1.22. The van der Waals surface area contributed by atoms with Crippen molar-refractivity contribution >= 4 is 17.1 Å². The number of imidazole rings is 1. The van der Waals surface area contributed by atoms with Gasteiger partial charge in [-0.3, -0.25) is 18.9 Å². The quantitative estimate of drug-likeness (QED) is 0.749. The molecule has 1 fully saturated rings. The second-order valence-corrected chi connectivity index (χ2v) is 7.93. The number of anilines is 1. The molecule has 2 aromatic heterocycles. The molecular weight excluding hydrogens is 361 g/mol. The molecule has 7 nitrogen and oxygen atoms in total. The predicted molar refractivity (Wildman–Crippen MR) is 106 cm³/mol. The smallest absolute Gasteiger partial charge is 0.329 e. The van der Waals surface area contributed by atoms with Crippen molar-refractivity contribution in [3.05, 3.63) is 56.5 Å². The van der Waals surface area contributed by atoms with Crippen LogP contribution in [0, 0.1) is 17.7 Å². The number of fused-ring (bicyclic) bond motifs is 1. The maximum absolute atomic E-state index is 14.3. The molecule has 0 unspecified atom stereocenters. The second kappa shape index (κ2) is 6.92. The van der Waals surface area contributed by atoms with Gasteiger partial charge in [0.15, 0.2) is 11.2 Å². The zero-order valence-electron chi connectivity index (χ0n) is 16.3. The summed E-state index contributed by atoms with van der Waals surface area (Å²) < 4.78 is 17.4. The highest BCUT2D eigenvalue weighted by Gasteiger charge is 2.28. The van der Waals surface area contributed by atoms with Crippen molar-refractivity contribution in [1.29, 1.82) is 0 Å². The summed E-state index contributed by atoms with van der Waals surface area (Å²) in [6, 6.07) is 6.50. The van der Waals surface area contributed by atoms with Crippen LogP contribution in [0.1, 0.15) is 25.8 Å². The zero-order chi connectivity index (χ0) is 20.0. The van der Waals surface area contributed by atoms with E-state index in [2.05, 4.69) is 28.7 Å². The Hall–Kier alpha value is -2.90. The molecule has 0 amide bonds. The number of aromatic amines is 1. The number of hydrogen-bond acceptors (Lipinski definition) is 4. The van der Waals surface area contributed by atoms with Gasteiger partial charge in [0.2, 0.25) is 5.95 Å². The summed E-state index contributed by atoms with van der Waals surface area (Å²) in [7, 11) is 1.58. The van der Waals surface area contributed by atoms with Gasteiger partial charge in [-0.1, -0.05) is 32.0 Å². The van der Waals surface area contributed by atoms with Crippen LogP contribution in [0.15, 0.2) is 33.9 Å². The molecule has 8 heteroatoms. The number of H-pyrrole nitrogens is 1. The lowest BCUT2D eigenvalue weighted by Gasteiger charge is -2.35. The van der Waals surface area contributed by atoms with Gasteiger partial charge in [-0.2, -0.15) is 4.98 Å². The van der Waals surface area contributed by atoms with Crippen LogP contribution in [-0.2, 0) is 13.6 Å². The number of aryl methyl sites for hydroxylation is 1. The lowest BCUT2D eigenvalue weighted by atomic mass is 9.92. The van der Waals surface area contributed by atoms with E-state index in [0.29, 0.717) is 29.0 Å². The number of nitrogens with zero attached hydrogens (tertiary/aromatic N) is 4. The number of halogens is 1. The third kappa shape index (κ3) is 3.12. The van der Waals surface area contributed by atoms with Crippen molar-refractivity contribution in [2.75, 3.05) is 18.0 Å². The fraction of sp³-hybridized carbons (Fsp3) is 0.450. The summed E-state index contributed by atoms with van der Waals surface area (Å²) in [5.41, 5.74) is 0.0397. The van der Waals surface area contributed by atoms with Gasteiger partial charge in [0.05, 0.1) is 6.54 Å². The highest BCUT2D eigenvalue weighted by atomic mass is 19.1. The Labute approximate surface area is 161 Å². The van der Waals surface area contributed by atoms with Crippen molar-refractivity contribution in [2.45, 2.75) is 26.8 Å². The fourth-order valence-corrected chi connectivity index (χ4v) is 4.24. The van der Waals surface area contributed by atoms with E-state index in [1.165, 1.54) is 10.6 Å². The minimum absolute atomic E-state index is 0.166. The van der Waals surface area contributed by atoms with Crippen LogP contribution in [0.5, 0.6) is 0 Å². The normalized spacial score (nSPS) is 20.1. The fourth-order valence-electron chi connectivity index (χ4n) is 4.24. The van der Waals surface area contributed by atoms with Crippen LogP contribution in [0.25, 0.3) is 11.2 Å². The molecule has 0 radical (unpaired) electrons. The number of aromatic nitrogens is 4. The average molecular weight is 385 g/mol. The Morgan fingerprint density at radius 1 is 1.18 bits per heavy atom. The molecule has 1 aromatic carbocycles. The van der Waals surface area contributed by atoms with Crippen molar-refractivity contribution in [3.8, 4) is 0 Å². The third-order valence-electron chi connectivity index (χ3n) is 5.42. The van der Waals surface area contributed by atoms with Crippen molar-refractivity contribution in [2.24, 2.45) is 18.9 Å². The molecular formula is C20H24FN5O2. The molecule has 148 valence electrons. The Bertz CT molecular complexity index is 1140. The summed E-state index contributed by atoms with van der Waals surface area (Å²) in [4.78, 5) is 33.8. The van der Waals surface area contributed by atoms with Crippen LogP contribution >= 0.6 is 0 Å². The average Bonchev–Trinajstić information content (AvgIpc) is 3.01. The van der Waals surface area contributed by atoms with Crippen LogP contribution in [0.4, 0.5) is 10.3 Å². The van der Waals surface area contributed by atoms with Crippen molar-refractivity contribution in [3.63, 3.8) is 0 Å². The Morgan fingerprint density at radius 3 is 2.54 bits per heavy atom. The first-order chi connectivity index (χ1) is 13.3. The lowest BCUT2D eigenvalue weighted by molar-refractivity contribution is 0.352.